The summed E-state index contributed by atoms with van der Waals surface area (Å²) in [6.45, 7) is 1.93. The van der Waals surface area contributed by atoms with E-state index in [1.54, 1.807) is 12.1 Å². The second-order valence-corrected chi connectivity index (χ2v) is 6.51. The van der Waals surface area contributed by atoms with Gasteiger partial charge in [-0.15, -0.1) is 0 Å². The lowest BCUT2D eigenvalue weighted by Gasteiger charge is -2.13. The van der Waals surface area contributed by atoms with Crippen LogP contribution in [0.1, 0.15) is 23.6 Å². The normalized spacial score (nSPS) is 20.5. The zero-order chi connectivity index (χ0) is 16.4. The molecule has 0 aliphatic carbocycles. The van der Waals surface area contributed by atoms with Crippen molar-refractivity contribution in [2.24, 2.45) is 0 Å². The number of carbonyl (C=O) groups excluding carboxylic acids is 1. The molecule has 0 radical (unpaired) electrons. The Morgan fingerprint density at radius 2 is 1.91 bits per heavy atom. The Bertz CT molecular complexity index is 736. The maximum Gasteiger partial charge on any atom is 0.242 e. The Morgan fingerprint density at radius 1 is 1.13 bits per heavy atom. The molecule has 120 valence electrons. The van der Waals surface area contributed by atoms with E-state index in [0.717, 1.165) is 16.8 Å². The average molecular weight is 350 g/mol. The summed E-state index contributed by atoms with van der Waals surface area (Å²) in [6.07, 6.45) is 0.645. The van der Waals surface area contributed by atoms with Crippen LogP contribution in [0.25, 0.3) is 0 Å². The summed E-state index contributed by atoms with van der Waals surface area (Å²) >= 11 is 12.0. The quantitative estimate of drug-likeness (QED) is 0.788. The molecule has 3 rings (SSSR count). The molecule has 1 saturated heterocycles. The second-order valence-electron chi connectivity index (χ2n) is 5.63. The van der Waals surface area contributed by atoms with Crippen LogP contribution in [0.15, 0.2) is 42.5 Å². The highest BCUT2D eigenvalue weighted by molar-refractivity contribution is 6.31. The molecule has 1 aliphatic rings. The van der Waals surface area contributed by atoms with Crippen LogP contribution in [0.3, 0.4) is 0 Å². The van der Waals surface area contributed by atoms with Gasteiger partial charge in [0.2, 0.25) is 5.91 Å². The predicted octanol–water partition coefficient (Wildman–Crippen LogP) is 3.85. The number of rotatable bonds is 3. The molecule has 1 heterocycles. The van der Waals surface area contributed by atoms with E-state index in [0.29, 0.717) is 16.5 Å². The molecule has 3 N–H and O–H groups in total. The molecule has 2 aromatic rings. The molecule has 23 heavy (non-hydrogen) atoms. The molecule has 1 fully saturated rings. The van der Waals surface area contributed by atoms with Gasteiger partial charge >= 0.3 is 0 Å². The topological polar surface area (TPSA) is 53.2 Å². The molecule has 2 unspecified atom stereocenters. The third-order valence-corrected chi connectivity index (χ3v) is 4.40. The monoisotopic (exact) mass is 349 g/mol. The highest BCUT2D eigenvalue weighted by Gasteiger charge is 2.30. The Balaban J connectivity index is 1.67. The average Bonchev–Trinajstić information content (AvgIpc) is 3.01. The van der Waals surface area contributed by atoms with Gasteiger partial charge in [0.25, 0.3) is 0 Å². The minimum Gasteiger partial charge on any atom is -0.324 e. The summed E-state index contributed by atoms with van der Waals surface area (Å²) in [7, 11) is 0. The highest BCUT2D eigenvalue weighted by Crippen LogP contribution is 2.26. The number of hydrazine groups is 1. The van der Waals surface area contributed by atoms with Gasteiger partial charge in [0.05, 0.1) is 0 Å². The lowest BCUT2D eigenvalue weighted by atomic mass is 10.0. The predicted molar refractivity (Wildman–Crippen MR) is 93.7 cm³/mol. The van der Waals surface area contributed by atoms with Crippen LogP contribution >= 0.6 is 23.2 Å². The number of aryl methyl sites for hydroxylation is 1. The maximum absolute atomic E-state index is 12.4. The number of benzene rings is 2. The van der Waals surface area contributed by atoms with Crippen molar-refractivity contribution in [3.05, 3.63) is 63.6 Å². The number of halogens is 2. The van der Waals surface area contributed by atoms with Gasteiger partial charge < -0.3 is 5.32 Å². The van der Waals surface area contributed by atoms with Crippen LogP contribution in [0, 0.1) is 6.92 Å². The third kappa shape index (κ3) is 3.85. The molecule has 2 atom stereocenters. The van der Waals surface area contributed by atoms with Gasteiger partial charge in [-0.1, -0.05) is 41.4 Å². The number of hydrogen-bond acceptors (Lipinski definition) is 3. The van der Waals surface area contributed by atoms with E-state index in [2.05, 4.69) is 16.2 Å². The fourth-order valence-corrected chi connectivity index (χ4v) is 2.99. The molecule has 0 saturated carbocycles. The fraction of sp³-hybridized carbons (Fsp3) is 0.235. The number of anilines is 1. The van der Waals surface area contributed by atoms with E-state index >= 15 is 0 Å². The first-order valence-electron chi connectivity index (χ1n) is 7.36. The van der Waals surface area contributed by atoms with Gasteiger partial charge in [-0.05, 0) is 48.7 Å². The van der Waals surface area contributed by atoms with E-state index in [9.17, 15) is 4.79 Å². The summed E-state index contributed by atoms with van der Waals surface area (Å²) < 4.78 is 0. The van der Waals surface area contributed by atoms with E-state index in [4.69, 9.17) is 23.2 Å². The molecule has 0 bridgehead atoms. The highest BCUT2D eigenvalue weighted by atomic mass is 35.5. The van der Waals surface area contributed by atoms with Crippen molar-refractivity contribution >= 4 is 34.8 Å². The number of carbonyl (C=O) groups is 1. The molecule has 2 aromatic carbocycles. The molecular weight excluding hydrogens is 333 g/mol. The Kier molecular flexibility index (Phi) is 4.87. The lowest BCUT2D eigenvalue weighted by molar-refractivity contribution is -0.117. The van der Waals surface area contributed by atoms with Gasteiger partial charge in [0.1, 0.15) is 6.04 Å². The van der Waals surface area contributed by atoms with E-state index < -0.39 is 0 Å². The molecule has 1 amide bonds. The molecule has 1 aliphatic heterocycles. The Morgan fingerprint density at radius 3 is 2.70 bits per heavy atom. The van der Waals surface area contributed by atoms with Crippen LogP contribution in [-0.2, 0) is 4.79 Å². The minimum absolute atomic E-state index is 0.0462. The van der Waals surface area contributed by atoms with Gasteiger partial charge in [-0.25, -0.2) is 10.9 Å². The van der Waals surface area contributed by atoms with Crippen molar-refractivity contribution < 1.29 is 4.79 Å². The first-order chi connectivity index (χ1) is 11.0. The molecular formula is C17H17Cl2N3O. The van der Waals surface area contributed by atoms with E-state index in [-0.39, 0.29) is 18.0 Å². The maximum atomic E-state index is 12.4. The second kappa shape index (κ2) is 6.89. The van der Waals surface area contributed by atoms with Gasteiger partial charge in [-0.2, -0.15) is 0 Å². The fourth-order valence-electron chi connectivity index (χ4n) is 2.62. The Hall–Kier alpha value is -1.59. The molecule has 0 spiro atoms. The summed E-state index contributed by atoms with van der Waals surface area (Å²) in [4.78, 5) is 12.4. The number of hydrogen-bond donors (Lipinski definition) is 3. The summed E-state index contributed by atoms with van der Waals surface area (Å²) in [5, 5.41) is 4.21. The molecule has 6 heteroatoms. The van der Waals surface area contributed by atoms with E-state index in [1.807, 2.05) is 37.3 Å². The summed E-state index contributed by atoms with van der Waals surface area (Å²) in [5.41, 5.74) is 8.95. The van der Waals surface area contributed by atoms with Crippen molar-refractivity contribution in [1.82, 2.24) is 10.9 Å². The smallest absolute Gasteiger partial charge is 0.242 e. The van der Waals surface area contributed by atoms with Crippen LogP contribution < -0.4 is 16.2 Å². The van der Waals surface area contributed by atoms with Crippen molar-refractivity contribution in [2.45, 2.75) is 25.4 Å². The third-order valence-electron chi connectivity index (χ3n) is 3.93. The van der Waals surface area contributed by atoms with E-state index in [1.165, 1.54) is 0 Å². The zero-order valence-electron chi connectivity index (χ0n) is 12.6. The van der Waals surface area contributed by atoms with Gasteiger partial charge in [0.15, 0.2) is 0 Å². The Labute approximate surface area is 145 Å². The largest absolute Gasteiger partial charge is 0.324 e. The standard InChI is InChI=1S/C17H17Cl2N3O/c1-10-5-6-13(19)8-14(10)20-17(23)16-9-15(21-22-16)11-3-2-4-12(18)7-11/h2-8,15-16,21-22H,9H2,1H3,(H,20,23). The zero-order valence-corrected chi connectivity index (χ0v) is 14.1. The first-order valence-corrected chi connectivity index (χ1v) is 8.12. The SMILES string of the molecule is Cc1ccc(Cl)cc1NC(=O)C1CC(c2cccc(Cl)c2)NN1. The van der Waals surface area contributed by atoms with Crippen LogP contribution in [0.2, 0.25) is 10.0 Å². The van der Waals surface area contributed by atoms with Crippen LogP contribution in [0.4, 0.5) is 5.69 Å². The van der Waals surface area contributed by atoms with Crippen molar-refractivity contribution in [3.63, 3.8) is 0 Å². The van der Waals surface area contributed by atoms with Crippen molar-refractivity contribution in [1.29, 1.82) is 0 Å². The van der Waals surface area contributed by atoms with Gasteiger partial charge in [-0.3, -0.25) is 4.79 Å². The van der Waals surface area contributed by atoms with Crippen LogP contribution in [0.5, 0.6) is 0 Å². The number of nitrogens with one attached hydrogen (secondary N) is 3. The van der Waals surface area contributed by atoms with Gasteiger partial charge in [0, 0.05) is 21.8 Å². The first kappa shape index (κ1) is 16.3. The lowest BCUT2D eigenvalue weighted by Crippen LogP contribution is -2.39. The molecule has 0 aromatic heterocycles. The molecule has 4 nitrogen and oxygen atoms in total. The van der Waals surface area contributed by atoms with Crippen molar-refractivity contribution in [2.75, 3.05) is 5.32 Å². The minimum atomic E-state index is -0.322. The van der Waals surface area contributed by atoms with Crippen molar-refractivity contribution in [3.8, 4) is 0 Å². The number of amides is 1. The van der Waals surface area contributed by atoms with Crippen LogP contribution in [-0.4, -0.2) is 11.9 Å². The summed E-state index contributed by atoms with van der Waals surface area (Å²) in [6, 6.07) is 12.8. The summed E-state index contributed by atoms with van der Waals surface area (Å²) in [5.74, 6) is -0.0904.